The Bertz CT molecular complexity index is 998. The maximum absolute atomic E-state index is 13.0. The molecule has 5 nitrogen and oxygen atoms in total. The second-order valence-electron chi connectivity index (χ2n) is 8.77. The summed E-state index contributed by atoms with van der Waals surface area (Å²) in [7, 11) is 0. The third-order valence-electron chi connectivity index (χ3n) is 6.85. The molecule has 1 aromatic heterocycles. The molecule has 1 saturated heterocycles. The SMILES string of the molecule is CCCc1ccc(C(NC(=O)CN2C(=O)C3C4C=CC(C4)C3C2=O)c2cccs2)cc1. The molecule has 5 atom stereocenters. The number of benzene rings is 1. The Morgan fingerprint density at radius 3 is 2.35 bits per heavy atom. The summed E-state index contributed by atoms with van der Waals surface area (Å²) in [4.78, 5) is 41.0. The van der Waals surface area contributed by atoms with Gasteiger partial charge in [0, 0.05) is 4.88 Å². The van der Waals surface area contributed by atoms with Crippen LogP contribution in [0.5, 0.6) is 0 Å². The summed E-state index contributed by atoms with van der Waals surface area (Å²) in [6.07, 6.45) is 7.13. The van der Waals surface area contributed by atoms with Crippen molar-refractivity contribution in [2.45, 2.75) is 32.2 Å². The van der Waals surface area contributed by atoms with Crippen molar-refractivity contribution >= 4 is 29.1 Å². The number of aryl methyl sites for hydroxylation is 1. The number of imide groups is 1. The molecule has 31 heavy (non-hydrogen) atoms. The molecule has 1 aromatic carbocycles. The van der Waals surface area contributed by atoms with Gasteiger partial charge in [-0.2, -0.15) is 0 Å². The van der Waals surface area contributed by atoms with E-state index in [2.05, 4.69) is 48.7 Å². The summed E-state index contributed by atoms with van der Waals surface area (Å²) in [5, 5.41) is 5.05. The zero-order chi connectivity index (χ0) is 21.5. The molecule has 2 aromatic rings. The van der Waals surface area contributed by atoms with E-state index < -0.39 is 0 Å². The lowest BCUT2D eigenvalue weighted by Gasteiger charge is -2.21. The van der Waals surface area contributed by atoms with Gasteiger partial charge in [-0.15, -0.1) is 11.3 Å². The predicted octanol–water partition coefficient (Wildman–Crippen LogP) is 3.71. The van der Waals surface area contributed by atoms with E-state index in [0.29, 0.717) is 0 Å². The maximum atomic E-state index is 13.0. The van der Waals surface area contributed by atoms with E-state index in [9.17, 15) is 14.4 Å². The zero-order valence-corrected chi connectivity index (χ0v) is 18.3. The fourth-order valence-electron chi connectivity index (χ4n) is 5.41. The molecular weight excluding hydrogens is 408 g/mol. The van der Waals surface area contributed by atoms with Crippen molar-refractivity contribution in [1.29, 1.82) is 0 Å². The van der Waals surface area contributed by atoms with Crippen LogP contribution in [0.25, 0.3) is 0 Å². The van der Waals surface area contributed by atoms with E-state index >= 15 is 0 Å². The van der Waals surface area contributed by atoms with Crippen LogP contribution in [0.3, 0.4) is 0 Å². The van der Waals surface area contributed by atoms with Crippen LogP contribution in [0.15, 0.2) is 53.9 Å². The van der Waals surface area contributed by atoms with Crippen molar-refractivity contribution in [3.8, 4) is 0 Å². The maximum Gasteiger partial charge on any atom is 0.240 e. The molecule has 2 fully saturated rings. The number of allylic oxidation sites excluding steroid dienone is 2. The third kappa shape index (κ3) is 3.53. The molecule has 6 heteroatoms. The van der Waals surface area contributed by atoms with Crippen molar-refractivity contribution in [1.82, 2.24) is 10.2 Å². The van der Waals surface area contributed by atoms with E-state index in [1.165, 1.54) is 10.5 Å². The summed E-state index contributed by atoms with van der Waals surface area (Å²) in [6.45, 7) is 1.94. The molecule has 2 heterocycles. The highest BCUT2D eigenvalue weighted by molar-refractivity contribution is 7.10. The first-order valence-corrected chi connectivity index (χ1v) is 11.9. The van der Waals surface area contributed by atoms with E-state index in [-0.39, 0.29) is 54.0 Å². The lowest BCUT2D eigenvalue weighted by molar-refractivity contribution is -0.144. The predicted molar refractivity (Wildman–Crippen MR) is 119 cm³/mol. The Hall–Kier alpha value is -2.73. The smallest absolute Gasteiger partial charge is 0.240 e. The number of likely N-dealkylation sites (tertiary alicyclic amines) is 1. The average Bonchev–Trinajstić information content (AvgIpc) is 3.55. The minimum absolute atomic E-state index is 0.153. The third-order valence-corrected chi connectivity index (χ3v) is 7.79. The first-order valence-electron chi connectivity index (χ1n) is 11.0. The van der Waals surface area contributed by atoms with Crippen molar-refractivity contribution in [2.75, 3.05) is 6.54 Å². The standard InChI is InChI=1S/C25H26N2O3S/c1-2-4-15-6-8-16(9-7-15)23(19-5-3-12-31-19)26-20(28)14-27-24(29)21-17-10-11-18(13-17)22(21)25(27)30/h3,5-12,17-18,21-23H,2,4,13-14H2,1H3,(H,26,28). The van der Waals surface area contributed by atoms with Crippen LogP contribution in [-0.4, -0.2) is 29.2 Å². The molecule has 1 aliphatic heterocycles. The van der Waals surface area contributed by atoms with Crippen LogP contribution in [0, 0.1) is 23.7 Å². The summed E-state index contributed by atoms with van der Waals surface area (Å²) in [5.74, 6) is -0.903. The quantitative estimate of drug-likeness (QED) is 0.534. The fourth-order valence-corrected chi connectivity index (χ4v) is 6.21. The van der Waals surface area contributed by atoms with Crippen molar-refractivity contribution < 1.29 is 14.4 Å². The zero-order valence-electron chi connectivity index (χ0n) is 17.5. The van der Waals surface area contributed by atoms with Crippen molar-refractivity contribution in [3.05, 3.63) is 69.9 Å². The molecule has 5 rings (SSSR count). The highest BCUT2D eigenvalue weighted by Gasteiger charge is 2.59. The summed E-state index contributed by atoms with van der Waals surface area (Å²) in [5.41, 5.74) is 2.26. The highest BCUT2D eigenvalue weighted by atomic mass is 32.1. The number of hydrogen-bond donors (Lipinski definition) is 1. The molecule has 3 amide bonds. The Labute approximate surface area is 186 Å². The van der Waals surface area contributed by atoms with Gasteiger partial charge in [0.15, 0.2) is 0 Å². The van der Waals surface area contributed by atoms with Gasteiger partial charge < -0.3 is 5.32 Å². The number of amides is 3. The summed E-state index contributed by atoms with van der Waals surface area (Å²) >= 11 is 1.58. The molecule has 0 spiro atoms. The van der Waals surface area contributed by atoms with Crippen LogP contribution >= 0.6 is 11.3 Å². The van der Waals surface area contributed by atoms with Gasteiger partial charge in [-0.1, -0.05) is 55.8 Å². The summed E-state index contributed by atoms with van der Waals surface area (Å²) < 4.78 is 0. The van der Waals surface area contributed by atoms with Crippen LogP contribution in [-0.2, 0) is 20.8 Å². The van der Waals surface area contributed by atoms with Gasteiger partial charge in [0.1, 0.15) is 6.54 Å². The second-order valence-corrected chi connectivity index (χ2v) is 9.75. The minimum atomic E-state index is -0.307. The molecule has 1 N–H and O–H groups in total. The molecule has 3 aliphatic rings. The Balaban J connectivity index is 1.31. The van der Waals surface area contributed by atoms with E-state index in [1.54, 1.807) is 11.3 Å². The second kappa shape index (κ2) is 8.08. The lowest BCUT2D eigenvalue weighted by Crippen LogP contribution is -2.43. The van der Waals surface area contributed by atoms with Gasteiger partial charge in [0.25, 0.3) is 0 Å². The van der Waals surface area contributed by atoms with Crippen molar-refractivity contribution in [3.63, 3.8) is 0 Å². The number of nitrogens with one attached hydrogen (secondary N) is 1. The van der Waals surface area contributed by atoms with Crippen LogP contribution in [0.2, 0.25) is 0 Å². The number of carbonyl (C=O) groups is 3. The van der Waals surface area contributed by atoms with E-state index in [4.69, 9.17) is 0 Å². The molecule has 0 radical (unpaired) electrons. The lowest BCUT2D eigenvalue weighted by atomic mass is 9.85. The Morgan fingerprint density at radius 2 is 1.77 bits per heavy atom. The number of carbonyl (C=O) groups excluding carboxylic acids is 3. The first-order chi connectivity index (χ1) is 15.1. The molecule has 5 unspecified atom stereocenters. The number of fused-ring (bicyclic) bond motifs is 5. The number of nitrogens with zero attached hydrogens (tertiary/aromatic N) is 1. The van der Waals surface area contributed by atoms with Gasteiger partial charge in [-0.25, -0.2) is 0 Å². The normalized spacial score (nSPS) is 27.1. The molecule has 2 aliphatic carbocycles. The van der Waals surface area contributed by atoms with Gasteiger partial charge >= 0.3 is 0 Å². The fraction of sp³-hybridized carbons (Fsp3) is 0.400. The Kier molecular flexibility index (Phi) is 5.26. The van der Waals surface area contributed by atoms with E-state index in [0.717, 1.165) is 29.7 Å². The van der Waals surface area contributed by atoms with E-state index in [1.807, 2.05) is 17.5 Å². The molecular formula is C25H26N2O3S. The van der Waals surface area contributed by atoms with Crippen LogP contribution < -0.4 is 5.32 Å². The monoisotopic (exact) mass is 434 g/mol. The van der Waals surface area contributed by atoms with Crippen LogP contribution in [0.1, 0.15) is 41.8 Å². The first kappa shape index (κ1) is 20.2. The van der Waals surface area contributed by atoms with Gasteiger partial charge in [-0.05, 0) is 47.3 Å². The van der Waals surface area contributed by atoms with Gasteiger partial charge in [0.05, 0.1) is 17.9 Å². The largest absolute Gasteiger partial charge is 0.343 e. The Morgan fingerprint density at radius 1 is 1.10 bits per heavy atom. The minimum Gasteiger partial charge on any atom is -0.343 e. The number of hydrogen-bond acceptors (Lipinski definition) is 4. The average molecular weight is 435 g/mol. The topological polar surface area (TPSA) is 66.5 Å². The van der Waals surface area contributed by atoms with Gasteiger partial charge in [-0.3, -0.25) is 19.3 Å². The highest BCUT2D eigenvalue weighted by Crippen LogP contribution is 2.52. The summed E-state index contributed by atoms with van der Waals surface area (Å²) in [6, 6.07) is 12.0. The number of rotatable bonds is 7. The number of thiophene rings is 1. The molecule has 1 saturated carbocycles. The van der Waals surface area contributed by atoms with Crippen molar-refractivity contribution in [2.24, 2.45) is 23.7 Å². The molecule has 160 valence electrons. The van der Waals surface area contributed by atoms with Crippen LogP contribution in [0.4, 0.5) is 0 Å². The molecule has 2 bridgehead atoms. The van der Waals surface area contributed by atoms with Gasteiger partial charge in [0.2, 0.25) is 17.7 Å².